The van der Waals surface area contributed by atoms with Crippen LogP contribution in [0.15, 0.2) is 86.0 Å². The largest absolute Gasteiger partial charge is 1.00 e. The van der Waals surface area contributed by atoms with Crippen molar-refractivity contribution in [1.82, 2.24) is 0 Å². The second-order valence-electron chi connectivity index (χ2n) is 8.10. The maximum absolute atomic E-state index is 3.77. The van der Waals surface area contributed by atoms with E-state index in [4.69, 9.17) is 0 Å². The molecule has 0 N–H and O–H groups in total. The average Bonchev–Trinajstić information content (AvgIpc) is 2.56. The highest BCUT2D eigenvalue weighted by molar-refractivity contribution is 5.14. The molecule has 0 unspecified atom stereocenters. The molecule has 0 spiro atoms. The van der Waals surface area contributed by atoms with Crippen LogP contribution in [0.3, 0.4) is 0 Å². The van der Waals surface area contributed by atoms with E-state index in [1.54, 1.807) is 0 Å². The lowest BCUT2D eigenvalue weighted by Gasteiger charge is -2.28. The summed E-state index contributed by atoms with van der Waals surface area (Å²) in [7, 11) is 8.87. The average molecular weight is 423 g/mol. The molecule has 0 radical (unpaired) electrons. The summed E-state index contributed by atoms with van der Waals surface area (Å²) in [6.07, 6.45) is 3.95. The zero-order valence-corrected chi connectivity index (χ0v) is 19.3. The van der Waals surface area contributed by atoms with Gasteiger partial charge in [-0.15, -0.1) is 0 Å². The van der Waals surface area contributed by atoms with Crippen molar-refractivity contribution < 1.29 is 33.8 Å². The minimum atomic E-state index is 0. The van der Waals surface area contributed by atoms with Gasteiger partial charge in [0.15, 0.2) is 0 Å². The van der Waals surface area contributed by atoms with E-state index in [0.29, 0.717) is 0 Å². The zero-order valence-electron chi connectivity index (χ0n) is 17.8. The Kier molecular flexibility index (Phi) is 14.7. The fraction of sp³-hybridized carbons (Fsp3) is 0.333. The van der Waals surface area contributed by atoms with E-state index >= 15 is 0 Å². The Bertz CT molecular complexity index is 593. The number of benzene rings is 2. The first-order valence-corrected chi connectivity index (χ1v) is 9.22. The summed E-state index contributed by atoms with van der Waals surface area (Å²) >= 11 is 0. The van der Waals surface area contributed by atoms with Gasteiger partial charge in [0, 0.05) is 11.1 Å². The van der Waals surface area contributed by atoms with Gasteiger partial charge in [-0.3, -0.25) is 0 Å². The summed E-state index contributed by atoms with van der Waals surface area (Å²) in [5, 5.41) is 0. The second kappa shape index (κ2) is 14.4. The van der Waals surface area contributed by atoms with Crippen LogP contribution in [-0.2, 0) is 13.1 Å². The number of quaternary nitrogens is 2. The normalized spacial score (nSPS) is 10.4. The van der Waals surface area contributed by atoms with E-state index in [9.17, 15) is 0 Å². The Morgan fingerprint density at radius 1 is 0.607 bits per heavy atom. The maximum Gasteiger partial charge on any atom is 0.104 e. The first kappa shape index (κ1) is 28.6. The summed E-state index contributed by atoms with van der Waals surface area (Å²) in [5.41, 5.74) is 2.77. The molecule has 2 aromatic carbocycles. The van der Waals surface area contributed by atoms with Crippen molar-refractivity contribution in [2.24, 2.45) is 0 Å². The monoisotopic (exact) mass is 422 g/mol. The van der Waals surface area contributed by atoms with Gasteiger partial charge in [-0.2, -0.15) is 0 Å². The van der Waals surface area contributed by atoms with Crippen molar-refractivity contribution in [1.29, 1.82) is 0 Å². The predicted molar refractivity (Wildman–Crippen MR) is 115 cm³/mol. The SMILES string of the molecule is C=CC[N+](C)(C)Cc1ccccc1.C=CC[N+](C)(C)Cc1ccccc1.[Cl-].[Cl-]. The molecule has 0 aliphatic rings. The van der Waals surface area contributed by atoms with Gasteiger partial charge < -0.3 is 33.8 Å². The van der Waals surface area contributed by atoms with Crippen LogP contribution in [0.2, 0.25) is 0 Å². The molecule has 2 rings (SSSR count). The van der Waals surface area contributed by atoms with Crippen LogP contribution in [0.4, 0.5) is 0 Å². The van der Waals surface area contributed by atoms with Gasteiger partial charge in [0.25, 0.3) is 0 Å². The van der Waals surface area contributed by atoms with Crippen LogP contribution in [0.1, 0.15) is 11.1 Å². The number of hydrogen-bond donors (Lipinski definition) is 0. The van der Waals surface area contributed by atoms with Crippen LogP contribution < -0.4 is 24.8 Å². The van der Waals surface area contributed by atoms with Gasteiger partial charge in [-0.1, -0.05) is 73.8 Å². The van der Waals surface area contributed by atoms with Gasteiger partial charge in [0.2, 0.25) is 0 Å². The molecule has 2 nitrogen and oxygen atoms in total. The van der Waals surface area contributed by atoms with Gasteiger partial charge in [-0.05, 0) is 12.2 Å². The van der Waals surface area contributed by atoms with Crippen molar-refractivity contribution >= 4 is 0 Å². The number of rotatable bonds is 8. The molecule has 4 heteroatoms. The number of nitrogens with zero attached hydrogens (tertiary/aromatic N) is 2. The van der Waals surface area contributed by atoms with Gasteiger partial charge in [0.1, 0.15) is 13.1 Å². The van der Waals surface area contributed by atoms with E-state index in [1.807, 2.05) is 12.2 Å². The lowest BCUT2D eigenvalue weighted by Crippen LogP contribution is -3.00. The Morgan fingerprint density at radius 3 is 1.14 bits per heavy atom. The fourth-order valence-electron chi connectivity index (χ4n) is 2.98. The van der Waals surface area contributed by atoms with E-state index < -0.39 is 0 Å². The number of halogens is 2. The molecule has 0 bridgehead atoms. The minimum Gasteiger partial charge on any atom is -1.00 e. The van der Waals surface area contributed by atoms with Crippen molar-refractivity contribution in [3.05, 3.63) is 97.1 Å². The fourth-order valence-corrected chi connectivity index (χ4v) is 2.98. The molecule has 0 aliphatic heterocycles. The number of likely N-dealkylation sites (N-methyl/N-ethyl adjacent to an activating group) is 2. The quantitative estimate of drug-likeness (QED) is 0.374. The van der Waals surface area contributed by atoms with Crippen molar-refractivity contribution in [3.8, 4) is 0 Å². The molecule has 0 atom stereocenters. The zero-order chi connectivity index (χ0) is 19.5. The van der Waals surface area contributed by atoms with E-state index in [-0.39, 0.29) is 24.8 Å². The number of hydrogen-bond acceptors (Lipinski definition) is 0. The van der Waals surface area contributed by atoms with E-state index in [2.05, 4.69) is 102 Å². The van der Waals surface area contributed by atoms with Gasteiger partial charge in [0.05, 0.1) is 41.3 Å². The third-order valence-corrected chi connectivity index (χ3v) is 4.15. The first-order valence-electron chi connectivity index (χ1n) is 9.22. The molecule has 2 aromatic rings. The Morgan fingerprint density at radius 2 is 0.893 bits per heavy atom. The van der Waals surface area contributed by atoms with E-state index in [0.717, 1.165) is 35.1 Å². The predicted octanol–water partition coefficient (Wildman–Crippen LogP) is -1.09. The summed E-state index contributed by atoms with van der Waals surface area (Å²) < 4.78 is 1.93. The van der Waals surface area contributed by atoms with Gasteiger partial charge >= 0.3 is 0 Å². The molecule has 28 heavy (non-hydrogen) atoms. The second-order valence-corrected chi connectivity index (χ2v) is 8.10. The third kappa shape index (κ3) is 12.7. The van der Waals surface area contributed by atoms with Crippen LogP contribution in [0.25, 0.3) is 0 Å². The Balaban J connectivity index is 0. The van der Waals surface area contributed by atoms with Crippen molar-refractivity contribution in [2.75, 3.05) is 41.3 Å². The maximum atomic E-state index is 3.77. The lowest BCUT2D eigenvalue weighted by molar-refractivity contribution is -0.897. The topological polar surface area (TPSA) is 0 Å². The molecule has 0 saturated carbocycles. The first-order chi connectivity index (χ1) is 12.3. The van der Waals surface area contributed by atoms with Gasteiger partial charge in [-0.25, -0.2) is 0 Å². The standard InChI is InChI=1S/2C12H18N.2ClH/c2*1-4-10-13(2,3)11-12-8-6-5-7-9-12;;/h2*4-9H,1,10-11H2,2-3H3;2*1H/q2*+1;;/p-2. The van der Waals surface area contributed by atoms with Crippen LogP contribution in [-0.4, -0.2) is 50.2 Å². The highest BCUT2D eigenvalue weighted by Gasteiger charge is 2.13. The molecule has 0 heterocycles. The smallest absolute Gasteiger partial charge is 0.104 e. The summed E-state index contributed by atoms with van der Waals surface area (Å²) in [4.78, 5) is 0. The van der Waals surface area contributed by atoms with Crippen LogP contribution >= 0.6 is 0 Å². The highest BCUT2D eigenvalue weighted by Crippen LogP contribution is 2.09. The molecule has 0 aromatic heterocycles. The van der Waals surface area contributed by atoms with Crippen molar-refractivity contribution in [2.45, 2.75) is 13.1 Å². The summed E-state index contributed by atoms with van der Waals surface area (Å²) in [6.45, 7) is 11.7. The third-order valence-electron chi connectivity index (χ3n) is 4.15. The molecule has 0 fully saturated rings. The van der Waals surface area contributed by atoms with Crippen molar-refractivity contribution in [3.63, 3.8) is 0 Å². The van der Waals surface area contributed by atoms with Crippen LogP contribution in [0, 0.1) is 0 Å². The Labute approximate surface area is 185 Å². The molecule has 0 aliphatic carbocycles. The van der Waals surface area contributed by atoms with Crippen LogP contribution in [0.5, 0.6) is 0 Å². The highest BCUT2D eigenvalue weighted by atomic mass is 35.5. The molecule has 156 valence electrons. The molecular formula is C24H36Cl2N2. The Hall–Kier alpha value is -1.58. The molecular weight excluding hydrogens is 387 g/mol. The molecule has 0 amide bonds. The molecule has 0 saturated heterocycles. The van der Waals surface area contributed by atoms with E-state index in [1.165, 1.54) is 11.1 Å². The summed E-state index contributed by atoms with van der Waals surface area (Å²) in [6, 6.07) is 21.1. The minimum absolute atomic E-state index is 0. The summed E-state index contributed by atoms with van der Waals surface area (Å²) in [5.74, 6) is 0. The lowest BCUT2D eigenvalue weighted by atomic mass is 10.2.